The third-order valence-corrected chi connectivity index (χ3v) is 5.56. The predicted octanol–water partition coefficient (Wildman–Crippen LogP) is 7.30. The van der Waals surface area contributed by atoms with Crippen LogP contribution in [0.2, 0.25) is 0 Å². The molecule has 0 aliphatic carbocycles. The first kappa shape index (κ1) is 24.8. The van der Waals surface area contributed by atoms with E-state index in [9.17, 15) is 4.57 Å². The summed E-state index contributed by atoms with van der Waals surface area (Å²) in [4.78, 5) is 1.90. The summed E-state index contributed by atoms with van der Waals surface area (Å²) in [5.41, 5.74) is 0. The van der Waals surface area contributed by atoms with Gasteiger partial charge in [0, 0.05) is 0 Å². The minimum Gasteiger partial charge on any atom is -0.266 e. The van der Waals surface area contributed by atoms with E-state index >= 15 is 0 Å². The largest absolute Gasteiger partial charge is 0.524 e. The van der Waals surface area contributed by atoms with Crippen LogP contribution in [0.25, 0.3) is 0 Å². The van der Waals surface area contributed by atoms with Crippen LogP contribution in [0.3, 0.4) is 0 Å². The molecule has 0 radical (unpaired) electrons. The van der Waals surface area contributed by atoms with Crippen molar-refractivity contribution in [3.05, 3.63) is 12.2 Å². The molecule has 4 heteroatoms. The van der Waals surface area contributed by atoms with Crippen LogP contribution in [-0.2, 0) is 9.09 Å². The molecular weight excluding hydrogens is 329 g/mol. The van der Waals surface area contributed by atoms with Gasteiger partial charge in [-0.25, -0.2) is 0 Å². The Hall–Kier alpha value is -0.240. The Morgan fingerprint density at radius 2 is 1.24 bits per heavy atom. The lowest BCUT2D eigenvalue weighted by Gasteiger charge is -2.01. The molecule has 1 unspecified atom stereocenters. The highest BCUT2D eigenvalue weighted by Gasteiger charge is 2.17. The van der Waals surface area contributed by atoms with Gasteiger partial charge in [0.1, 0.15) is 6.61 Å². The number of nitrogens with zero attached hydrogens (tertiary/aromatic N) is 1. The molecule has 0 heterocycles. The van der Waals surface area contributed by atoms with Crippen molar-refractivity contribution in [2.45, 2.75) is 96.8 Å². The zero-order valence-corrected chi connectivity index (χ0v) is 18.1. The van der Waals surface area contributed by atoms with Gasteiger partial charge in [0.05, 0.1) is 0 Å². The van der Waals surface area contributed by atoms with Crippen LogP contribution in [0.4, 0.5) is 0 Å². The predicted molar refractivity (Wildman–Crippen MR) is 112 cm³/mol. The summed E-state index contributed by atoms with van der Waals surface area (Å²) in [6, 6.07) is 0. The zero-order chi connectivity index (χ0) is 18.6. The van der Waals surface area contributed by atoms with Crippen molar-refractivity contribution < 1.29 is 9.09 Å². The lowest BCUT2D eigenvalue weighted by molar-refractivity contribution is 0.304. The molecule has 0 aromatic carbocycles. The van der Waals surface area contributed by atoms with Gasteiger partial charge in [-0.1, -0.05) is 76.9 Å². The normalized spacial score (nSPS) is 12.4. The molecule has 0 saturated carbocycles. The van der Waals surface area contributed by atoms with Crippen LogP contribution in [-0.4, -0.2) is 31.9 Å². The molecule has 0 fully saturated rings. The Kier molecular flexibility index (Phi) is 19.9. The topological polar surface area (TPSA) is 29.5 Å². The van der Waals surface area contributed by atoms with Crippen LogP contribution in [0.15, 0.2) is 12.2 Å². The Morgan fingerprint density at radius 1 is 0.760 bits per heavy atom. The molecule has 0 aliphatic rings. The first-order chi connectivity index (χ1) is 12.2. The third kappa shape index (κ3) is 21.7. The fraction of sp³-hybridized carbons (Fsp3) is 0.905. The molecule has 0 rings (SSSR count). The van der Waals surface area contributed by atoms with E-state index in [-0.39, 0.29) is 0 Å². The summed E-state index contributed by atoms with van der Waals surface area (Å²) in [7, 11) is 2.34. The molecule has 0 N–H and O–H groups in total. The zero-order valence-electron chi connectivity index (χ0n) is 17.2. The SMILES string of the molecule is CCCCCCCC/C=C\CCCCCCCCO[P+](=O)CN(C)C. The average molecular weight is 373 g/mol. The maximum absolute atomic E-state index is 11.5. The van der Waals surface area contributed by atoms with Gasteiger partial charge in [-0.05, 0) is 50.8 Å². The molecule has 0 saturated heterocycles. The summed E-state index contributed by atoms with van der Waals surface area (Å²) < 4.78 is 16.8. The molecular formula is C21H43NO2P+. The molecule has 0 amide bonds. The van der Waals surface area contributed by atoms with Crippen molar-refractivity contribution in [1.82, 2.24) is 4.90 Å². The van der Waals surface area contributed by atoms with Gasteiger partial charge in [-0.2, -0.15) is 0 Å². The van der Waals surface area contributed by atoms with Crippen LogP contribution in [0.5, 0.6) is 0 Å². The van der Waals surface area contributed by atoms with Gasteiger partial charge in [0.25, 0.3) is 0 Å². The Labute approximate surface area is 158 Å². The van der Waals surface area contributed by atoms with Crippen molar-refractivity contribution in [3.8, 4) is 0 Å². The lowest BCUT2D eigenvalue weighted by Crippen LogP contribution is -2.10. The van der Waals surface area contributed by atoms with E-state index in [1.807, 2.05) is 19.0 Å². The second-order valence-electron chi connectivity index (χ2n) is 7.32. The number of hydrogen-bond acceptors (Lipinski definition) is 3. The van der Waals surface area contributed by atoms with Gasteiger partial charge in [0.2, 0.25) is 6.29 Å². The number of unbranched alkanes of at least 4 members (excludes halogenated alkanes) is 12. The minimum absolute atomic E-state index is 0.529. The second-order valence-corrected chi connectivity index (χ2v) is 8.53. The third-order valence-electron chi connectivity index (χ3n) is 4.29. The molecule has 0 spiro atoms. The fourth-order valence-corrected chi connectivity index (χ4v) is 3.66. The number of rotatable bonds is 19. The molecule has 0 aromatic rings. The van der Waals surface area contributed by atoms with Crippen LogP contribution < -0.4 is 0 Å². The summed E-state index contributed by atoms with van der Waals surface area (Å²) in [5.74, 6) is 0. The van der Waals surface area contributed by atoms with E-state index in [4.69, 9.17) is 4.52 Å². The summed E-state index contributed by atoms with van der Waals surface area (Å²) in [5, 5.41) is 0. The molecule has 0 bridgehead atoms. The average Bonchev–Trinajstić information content (AvgIpc) is 2.57. The van der Waals surface area contributed by atoms with E-state index in [0.29, 0.717) is 12.9 Å². The van der Waals surface area contributed by atoms with Crippen LogP contribution >= 0.6 is 8.03 Å². The van der Waals surface area contributed by atoms with Crippen molar-refractivity contribution in [2.75, 3.05) is 27.0 Å². The van der Waals surface area contributed by atoms with Crippen molar-refractivity contribution in [1.29, 1.82) is 0 Å². The van der Waals surface area contributed by atoms with E-state index in [1.54, 1.807) is 0 Å². The molecule has 25 heavy (non-hydrogen) atoms. The van der Waals surface area contributed by atoms with E-state index in [1.165, 1.54) is 83.5 Å². The van der Waals surface area contributed by atoms with Crippen molar-refractivity contribution in [3.63, 3.8) is 0 Å². The Bertz CT molecular complexity index is 319. The smallest absolute Gasteiger partial charge is 0.266 e. The summed E-state index contributed by atoms with van der Waals surface area (Å²) >= 11 is 0. The number of allylic oxidation sites excluding steroid dienone is 2. The van der Waals surface area contributed by atoms with E-state index in [2.05, 4.69) is 19.1 Å². The standard InChI is InChI=1S/C21H43NO2P/c1-4-5-6-7-8-9-10-11-12-13-14-15-16-17-18-19-20-24-25(23)21-22(2)3/h11-12H,4-10,13-21H2,1-3H3/q+1/b12-11-. The first-order valence-corrected chi connectivity index (χ1v) is 11.9. The lowest BCUT2D eigenvalue weighted by atomic mass is 10.1. The monoisotopic (exact) mass is 372 g/mol. The maximum atomic E-state index is 11.5. The van der Waals surface area contributed by atoms with Gasteiger partial charge in [-0.3, -0.25) is 4.90 Å². The van der Waals surface area contributed by atoms with Crippen molar-refractivity contribution in [2.24, 2.45) is 0 Å². The molecule has 0 aromatic heterocycles. The Morgan fingerprint density at radius 3 is 1.76 bits per heavy atom. The highest BCUT2D eigenvalue weighted by atomic mass is 31.1. The van der Waals surface area contributed by atoms with E-state index in [0.717, 1.165) is 6.42 Å². The van der Waals surface area contributed by atoms with Gasteiger partial charge >= 0.3 is 8.03 Å². The van der Waals surface area contributed by atoms with Gasteiger partial charge < -0.3 is 0 Å². The maximum Gasteiger partial charge on any atom is 0.524 e. The molecule has 1 atom stereocenters. The number of hydrogen-bond donors (Lipinski definition) is 0. The summed E-state index contributed by atoms with van der Waals surface area (Å²) in [6.45, 7) is 2.92. The Balaban J connectivity index is 3.16. The second kappa shape index (κ2) is 20.1. The van der Waals surface area contributed by atoms with Crippen LogP contribution in [0.1, 0.15) is 96.8 Å². The fourth-order valence-electron chi connectivity index (χ4n) is 2.79. The first-order valence-electron chi connectivity index (χ1n) is 10.5. The molecule has 148 valence electrons. The molecule has 3 nitrogen and oxygen atoms in total. The van der Waals surface area contributed by atoms with Gasteiger partial charge in [-0.15, -0.1) is 4.52 Å². The highest BCUT2D eigenvalue weighted by Crippen LogP contribution is 2.22. The van der Waals surface area contributed by atoms with E-state index < -0.39 is 8.03 Å². The summed E-state index contributed by atoms with van der Waals surface area (Å²) in [6.07, 6.45) is 23.6. The minimum atomic E-state index is -1.50. The van der Waals surface area contributed by atoms with Gasteiger partial charge in [0.15, 0.2) is 0 Å². The van der Waals surface area contributed by atoms with Crippen molar-refractivity contribution >= 4 is 8.03 Å². The molecule has 0 aliphatic heterocycles. The van der Waals surface area contributed by atoms with Crippen LogP contribution in [0, 0.1) is 0 Å². The highest BCUT2D eigenvalue weighted by molar-refractivity contribution is 7.39. The quantitative estimate of drug-likeness (QED) is 0.135.